The number of hydrogen-bond donors (Lipinski definition) is 1. The SMILES string of the molecule is CCCCCCCCCCCCCCCCCCOC(=O)C#CC(=O)O. The minimum absolute atomic E-state index is 0.325. The number of aliphatic carboxylic acids is 1. The van der Waals surface area contributed by atoms with Crippen molar-refractivity contribution in [2.75, 3.05) is 6.61 Å². The lowest BCUT2D eigenvalue weighted by molar-refractivity contribution is -0.137. The summed E-state index contributed by atoms with van der Waals surface area (Å²) in [6.07, 6.45) is 20.8. The molecule has 0 aliphatic rings. The number of carbonyl (C=O) groups is 2. The molecule has 0 unspecified atom stereocenters. The van der Waals surface area contributed by atoms with E-state index in [9.17, 15) is 9.59 Å². The van der Waals surface area contributed by atoms with Crippen LogP contribution in [0.5, 0.6) is 0 Å². The van der Waals surface area contributed by atoms with E-state index in [-0.39, 0.29) is 0 Å². The van der Waals surface area contributed by atoms with Crippen LogP contribution in [-0.2, 0) is 14.3 Å². The Hall–Kier alpha value is -1.50. The molecule has 0 aromatic rings. The number of ether oxygens (including phenoxy) is 1. The van der Waals surface area contributed by atoms with E-state index in [1.807, 2.05) is 5.92 Å². The lowest BCUT2D eigenvalue weighted by Crippen LogP contribution is -2.03. The number of carbonyl (C=O) groups excluding carboxylic acids is 1. The summed E-state index contributed by atoms with van der Waals surface area (Å²) in [6, 6.07) is 0. The smallest absolute Gasteiger partial charge is 0.384 e. The van der Waals surface area contributed by atoms with Gasteiger partial charge in [0.05, 0.1) is 6.61 Å². The van der Waals surface area contributed by atoms with Crippen LogP contribution in [0.15, 0.2) is 0 Å². The number of rotatable bonds is 17. The molecule has 1 N–H and O–H groups in total. The first-order valence-electron chi connectivity index (χ1n) is 10.6. The van der Waals surface area contributed by atoms with Gasteiger partial charge in [0.2, 0.25) is 0 Å². The van der Waals surface area contributed by atoms with Crippen molar-refractivity contribution in [1.82, 2.24) is 0 Å². The molecule has 0 aliphatic carbocycles. The van der Waals surface area contributed by atoms with E-state index in [2.05, 4.69) is 6.92 Å². The molecule has 0 heterocycles. The largest absolute Gasteiger partial charge is 0.472 e. The lowest BCUT2D eigenvalue weighted by atomic mass is 10.0. The van der Waals surface area contributed by atoms with Crippen LogP contribution in [0, 0.1) is 11.8 Å². The van der Waals surface area contributed by atoms with Crippen molar-refractivity contribution in [1.29, 1.82) is 0 Å². The zero-order valence-electron chi connectivity index (χ0n) is 16.7. The number of carboxylic acids is 1. The second kappa shape index (κ2) is 19.8. The standard InChI is InChI=1S/C22H38O4/c1-2-3-4-5-6-7-8-9-10-11-12-13-14-15-16-17-20-26-22(25)19-18-21(23)24/h2-17,20H2,1H3,(H,23,24). The summed E-state index contributed by atoms with van der Waals surface area (Å²) < 4.78 is 4.84. The van der Waals surface area contributed by atoms with Crippen molar-refractivity contribution in [3.05, 3.63) is 0 Å². The molecule has 4 nitrogen and oxygen atoms in total. The van der Waals surface area contributed by atoms with Gasteiger partial charge in [-0.05, 0) is 6.42 Å². The van der Waals surface area contributed by atoms with E-state index < -0.39 is 11.9 Å². The summed E-state index contributed by atoms with van der Waals surface area (Å²) in [4.78, 5) is 21.2. The summed E-state index contributed by atoms with van der Waals surface area (Å²) in [6.45, 7) is 2.59. The van der Waals surface area contributed by atoms with Gasteiger partial charge < -0.3 is 9.84 Å². The second-order valence-corrected chi connectivity index (χ2v) is 6.99. The van der Waals surface area contributed by atoms with Gasteiger partial charge in [0.1, 0.15) is 0 Å². The number of hydrogen-bond acceptors (Lipinski definition) is 3. The first-order valence-corrected chi connectivity index (χ1v) is 10.6. The topological polar surface area (TPSA) is 63.6 Å². The zero-order chi connectivity index (χ0) is 19.3. The van der Waals surface area contributed by atoms with Gasteiger partial charge >= 0.3 is 11.9 Å². The third-order valence-corrected chi connectivity index (χ3v) is 4.50. The van der Waals surface area contributed by atoms with Gasteiger partial charge in [-0.25, -0.2) is 9.59 Å². The van der Waals surface area contributed by atoms with Crippen molar-refractivity contribution >= 4 is 11.9 Å². The Labute approximate surface area is 160 Å². The van der Waals surface area contributed by atoms with Crippen LogP contribution in [-0.4, -0.2) is 23.7 Å². The molecule has 0 aromatic carbocycles. The van der Waals surface area contributed by atoms with Crippen LogP contribution in [0.25, 0.3) is 0 Å². The Morgan fingerprint density at radius 3 is 1.42 bits per heavy atom. The molecule has 0 amide bonds. The predicted molar refractivity (Wildman–Crippen MR) is 106 cm³/mol. The Morgan fingerprint density at radius 1 is 0.654 bits per heavy atom. The fourth-order valence-electron chi connectivity index (χ4n) is 2.96. The van der Waals surface area contributed by atoms with E-state index in [4.69, 9.17) is 9.84 Å². The molecule has 0 rings (SSSR count). The summed E-state index contributed by atoms with van der Waals surface area (Å²) in [5.74, 6) is 1.60. The molecule has 4 heteroatoms. The predicted octanol–water partition coefficient (Wildman–Crippen LogP) is 5.88. The van der Waals surface area contributed by atoms with Gasteiger partial charge in [0.25, 0.3) is 0 Å². The molecule has 0 saturated heterocycles. The summed E-state index contributed by atoms with van der Waals surface area (Å²) in [7, 11) is 0. The van der Waals surface area contributed by atoms with E-state index in [0.717, 1.165) is 19.3 Å². The third-order valence-electron chi connectivity index (χ3n) is 4.50. The van der Waals surface area contributed by atoms with E-state index in [0.29, 0.717) is 6.61 Å². The fourth-order valence-corrected chi connectivity index (χ4v) is 2.96. The first-order chi connectivity index (χ1) is 12.7. The molecule has 0 spiro atoms. The average Bonchev–Trinajstić information content (AvgIpc) is 2.62. The Bertz CT molecular complexity index is 406. The Balaban J connectivity index is 3.15. The van der Waals surface area contributed by atoms with E-state index in [1.54, 1.807) is 5.92 Å². The van der Waals surface area contributed by atoms with Gasteiger partial charge in [-0.2, -0.15) is 0 Å². The molecular weight excluding hydrogens is 328 g/mol. The highest BCUT2D eigenvalue weighted by Crippen LogP contribution is 2.13. The van der Waals surface area contributed by atoms with Crippen LogP contribution in [0.2, 0.25) is 0 Å². The molecule has 0 saturated carbocycles. The van der Waals surface area contributed by atoms with Crippen LogP contribution >= 0.6 is 0 Å². The average molecular weight is 367 g/mol. The highest BCUT2D eigenvalue weighted by molar-refractivity contribution is 5.97. The molecule has 26 heavy (non-hydrogen) atoms. The summed E-state index contributed by atoms with van der Waals surface area (Å²) in [5, 5.41) is 8.30. The van der Waals surface area contributed by atoms with Crippen molar-refractivity contribution in [2.24, 2.45) is 0 Å². The van der Waals surface area contributed by atoms with Crippen LogP contribution in [0.1, 0.15) is 110 Å². The molecule has 0 fully saturated rings. The first kappa shape index (κ1) is 24.5. The van der Waals surface area contributed by atoms with Crippen molar-refractivity contribution in [2.45, 2.75) is 110 Å². The van der Waals surface area contributed by atoms with Crippen LogP contribution in [0.3, 0.4) is 0 Å². The van der Waals surface area contributed by atoms with Crippen molar-refractivity contribution in [3.63, 3.8) is 0 Å². The molecule has 0 aromatic heterocycles. The van der Waals surface area contributed by atoms with Crippen LogP contribution in [0.4, 0.5) is 0 Å². The maximum Gasteiger partial charge on any atom is 0.384 e. The third kappa shape index (κ3) is 20.5. The normalized spacial score (nSPS) is 10.2. The maximum absolute atomic E-state index is 11.0. The van der Waals surface area contributed by atoms with Crippen molar-refractivity contribution < 1.29 is 19.4 Å². The number of carboxylic acid groups (broad SMARTS) is 1. The molecular formula is C22H38O4. The highest BCUT2D eigenvalue weighted by Gasteiger charge is 1.98. The summed E-state index contributed by atoms with van der Waals surface area (Å²) in [5.41, 5.74) is 0. The molecule has 0 aliphatic heterocycles. The van der Waals surface area contributed by atoms with Gasteiger partial charge in [-0.1, -0.05) is 103 Å². The lowest BCUT2D eigenvalue weighted by Gasteiger charge is -2.04. The van der Waals surface area contributed by atoms with Crippen LogP contribution < -0.4 is 0 Å². The van der Waals surface area contributed by atoms with Crippen molar-refractivity contribution in [3.8, 4) is 11.8 Å². The fraction of sp³-hybridized carbons (Fsp3) is 0.818. The Morgan fingerprint density at radius 2 is 1.04 bits per heavy atom. The van der Waals surface area contributed by atoms with Gasteiger partial charge in [0.15, 0.2) is 0 Å². The van der Waals surface area contributed by atoms with Gasteiger partial charge in [0, 0.05) is 11.8 Å². The van der Waals surface area contributed by atoms with Gasteiger partial charge in [-0.3, -0.25) is 0 Å². The minimum Gasteiger partial charge on any atom is -0.472 e. The quantitative estimate of drug-likeness (QED) is 0.151. The molecule has 0 bridgehead atoms. The molecule has 0 radical (unpaired) electrons. The maximum atomic E-state index is 11.0. The molecule has 150 valence electrons. The van der Waals surface area contributed by atoms with E-state index in [1.165, 1.54) is 83.5 Å². The minimum atomic E-state index is -1.32. The number of unbranched alkanes of at least 4 members (excludes halogenated alkanes) is 15. The van der Waals surface area contributed by atoms with E-state index >= 15 is 0 Å². The summed E-state index contributed by atoms with van der Waals surface area (Å²) >= 11 is 0. The Kier molecular flexibility index (Phi) is 18.7. The second-order valence-electron chi connectivity index (χ2n) is 6.99. The van der Waals surface area contributed by atoms with Gasteiger partial charge in [-0.15, -0.1) is 0 Å². The highest BCUT2D eigenvalue weighted by atomic mass is 16.5. The number of esters is 1. The molecule has 0 atom stereocenters. The monoisotopic (exact) mass is 366 g/mol. The zero-order valence-corrected chi connectivity index (χ0v) is 16.7.